The highest BCUT2D eigenvalue weighted by Gasteiger charge is 2.20. The van der Waals surface area contributed by atoms with Crippen LogP contribution in [0.1, 0.15) is 32.6 Å². The molecule has 0 saturated carbocycles. The highest BCUT2D eigenvalue weighted by atomic mass is 16.5. The zero-order valence-corrected chi connectivity index (χ0v) is 14.6. The molecule has 0 radical (unpaired) electrons. The smallest absolute Gasteiger partial charge is 0.127 e. The standard InChI is InChI=1S/C21H28N2O/c1-2-3-17-23(19-13-15-22-16-14-19)18-9-11-21(12-10-18)24-20-7-5-4-6-8-20/h4-12,19,22H,2-3,13-17H2,1H3. The molecule has 0 aliphatic carbocycles. The lowest BCUT2D eigenvalue weighted by Gasteiger charge is -2.36. The fraction of sp³-hybridized carbons (Fsp3) is 0.429. The monoisotopic (exact) mass is 324 g/mol. The first-order valence-electron chi connectivity index (χ1n) is 9.17. The van der Waals surface area contributed by atoms with Crippen molar-refractivity contribution in [3.63, 3.8) is 0 Å². The Morgan fingerprint density at radius 3 is 2.29 bits per heavy atom. The summed E-state index contributed by atoms with van der Waals surface area (Å²) in [5.41, 5.74) is 1.32. The molecule has 1 aliphatic heterocycles. The highest BCUT2D eigenvalue weighted by Crippen LogP contribution is 2.27. The molecule has 2 aromatic carbocycles. The van der Waals surface area contributed by atoms with Crippen LogP contribution in [0.5, 0.6) is 11.5 Å². The van der Waals surface area contributed by atoms with Crippen LogP contribution in [0.3, 0.4) is 0 Å². The Labute approximate surface area is 145 Å². The van der Waals surface area contributed by atoms with Crippen LogP contribution in [-0.4, -0.2) is 25.7 Å². The molecule has 1 aliphatic rings. The van der Waals surface area contributed by atoms with Gasteiger partial charge in [-0.1, -0.05) is 31.5 Å². The molecule has 3 nitrogen and oxygen atoms in total. The van der Waals surface area contributed by atoms with E-state index in [2.05, 4.69) is 41.4 Å². The first-order valence-corrected chi connectivity index (χ1v) is 9.17. The Balaban J connectivity index is 1.70. The SMILES string of the molecule is CCCCN(c1ccc(Oc2ccccc2)cc1)C1CCNCC1. The van der Waals surface area contributed by atoms with Crippen LogP contribution in [0.4, 0.5) is 5.69 Å². The Morgan fingerprint density at radius 2 is 1.62 bits per heavy atom. The number of anilines is 1. The number of hydrogen-bond acceptors (Lipinski definition) is 3. The number of benzene rings is 2. The third-order valence-electron chi connectivity index (χ3n) is 4.65. The molecular formula is C21H28N2O. The molecule has 0 unspecified atom stereocenters. The largest absolute Gasteiger partial charge is 0.457 e. The summed E-state index contributed by atoms with van der Waals surface area (Å²) in [6.45, 7) is 5.66. The van der Waals surface area contributed by atoms with E-state index in [0.29, 0.717) is 6.04 Å². The highest BCUT2D eigenvalue weighted by molar-refractivity contribution is 5.50. The molecule has 0 aromatic heterocycles. The second-order valence-corrected chi connectivity index (χ2v) is 6.44. The summed E-state index contributed by atoms with van der Waals surface area (Å²) in [6, 6.07) is 19.2. The number of nitrogens with zero attached hydrogens (tertiary/aromatic N) is 1. The van der Waals surface area contributed by atoms with Crippen molar-refractivity contribution in [1.82, 2.24) is 5.32 Å². The van der Waals surface area contributed by atoms with Crippen molar-refractivity contribution in [2.75, 3.05) is 24.5 Å². The summed E-state index contributed by atoms with van der Waals surface area (Å²) in [5, 5.41) is 3.47. The third-order valence-corrected chi connectivity index (χ3v) is 4.65. The van der Waals surface area contributed by atoms with E-state index in [1.54, 1.807) is 0 Å². The molecule has 24 heavy (non-hydrogen) atoms. The molecule has 1 N–H and O–H groups in total. The Kier molecular flexibility index (Phi) is 6.13. The number of ether oxygens (including phenoxy) is 1. The quantitative estimate of drug-likeness (QED) is 0.789. The fourth-order valence-electron chi connectivity index (χ4n) is 3.30. The zero-order chi connectivity index (χ0) is 16.6. The van der Waals surface area contributed by atoms with Crippen molar-refractivity contribution in [3.8, 4) is 11.5 Å². The van der Waals surface area contributed by atoms with Gasteiger partial charge < -0.3 is 15.0 Å². The van der Waals surface area contributed by atoms with E-state index in [0.717, 1.165) is 31.1 Å². The lowest BCUT2D eigenvalue weighted by molar-refractivity contribution is 0.426. The van der Waals surface area contributed by atoms with Gasteiger partial charge in [-0.15, -0.1) is 0 Å². The fourth-order valence-corrected chi connectivity index (χ4v) is 3.30. The van der Waals surface area contributed by atoms with Crippen molar-refractivity contribution in [2.45, 2.75) is 38.6 Å². The first kappa shape index (κ1) is 16.8. The minimum absolute atomic E-state index is 0.652. The van der Waals surface area contributed by atoms with Gasteiger partial charge in [-0.2, -0.15) is 0 Å². The molecule has 3 heteroatoms. The van der Waals surface area contributed by atoms with Crippen molar-refractivity contribution in [1.29, 1.82) is 0 Å². The van der Waals surface area contributed by atoms with Crippen LogP contribution in [0.25, 0.3) is 0 Å². The van der Waals surface area contributed by atoms with E-state index < -0.39 is 0 Å². The van der Waals surface area contributed by atoms with Gasteiger partial charge in [0.05, 0.1) is 0 Å². The topological polar surface area (TPSA) is 24.5 Å². The summed E-state index contributed by atoms with van der Waals surface area (Å²) in [6.07, 6.45) is 4.93. The van der Waals surface area contributed by atoms with Gasteiger partial charge in [-0.3, -0.25) is 0 Å². The van der Waals surface area contributed by atoms with Gasteiger partial charge in [0.25, 0.3) is 0 Å². The second kappa shape index (κ2) is 8.74. The summed E-state index contributed by atoms with van der Waals surface area (Å²) in [4.78, 5) is 2.59. The number of unbranched alkanes of at least 4 members (excludes halogenated alkanes) is 1. The van der Waals surface area contributed by atoms with E-state index in [1.165, 1.54) is 31.4 Å². The molecule has 0 bridgehead atoms. The van der Waals surface area contributed by atoms with Crippen LogP contribution in [0, 0.1) is 0 Å². The molecule has 0 spiro atoms. The lowest BCUT2D eigenvalue weighted by Crippen LogP contribution is -2.43. The van der Waals surface area contributed by atoms with Gasteiger partial charge in [0.15, 0.2) is 0 Å². The summed E-state index contributed by atoms with van der Waals surface area (Å²) in [7, 11) is 0. The molecule has 1 saturated heterocycles. The van der Waals surface area contributed by atoms with Crippen LogP contribution in [-0.2, 0) is 0 Å². The lowest BCUT2D eigenvalue weighted by atomic mass is 10.0. The van der Waals surface area contributed by atoms with E-state index in [1.807, 2.05) is 30.3 Å². The molecule has 1 fully saturated rings. The van der Waals surface area contributed by atoms with Crippen molar-refractivity contribution >= 4 is 5.69 Å². The van der Waals surface area contributed by atoms with Crippen LogP contribution in [0.15, 0.2) is 54.6 Å². The summed E-state index contributed by atoms with van der Waals surface area (Å²) in [5.74, 6) is 1.78. The predicted molar refractivity (Wildman–Crippen MR) is 101 cm³/mol. The normalized spacial score (nSPS) is 15.2. The molecule has 1 heterocycles. The average molecular weight is 324 g/mol. The molecule has 0 amide bonds. The van der Waals surface area contributed by atoms with Gasteiger partial charge in [0, 0.05) is 18.3 Å². The van der Waals surface area contributed by atoms with Gasteiger partial charge in [-0.25, -0.2) is 0 Å². The summed E-state index contributed by atoms with van der Waals surface area (Å²) >= 11 is 0. The van der Waals surface area contributed by atoms with Crippen LogP contribution in [0.2, 0.25) is 0 Å². The molecule has 3 rings (SSSR count). The maximum atomic E-state index is 5.91. The van der Waals surface area contributed by atoms with E-state index in [-0.39, 0.29) is 0 Å². The number of para-hydroxylation sites is 1. The van der Waals surface area contributed by atoms with Gasteiger partial charge >= 0.3 is 0 Å². The van der Waals surface area contributed by atoms with E-state index in [9.17, 15) is 0 Å². The maximum absolute atomic E-state index is 5.91. The minimum atomic E-state index is 0.652. The molecule has 2 aromatic rings. The maximum Gasteiger partial charge on any atom is 0.127 e. The Hall–Kier alpha value is -2.00. The Morgan fingerprint density at radius 1 is 0.958 bits per heavy atom. The number of nitrogens with one attached hydrogen (secondary N) is 1. The van der Waals surface area contributed by atoms with Crippen molar-refractivity contribution in [3.05, 3.63) is 54.6 Å². The summed E-state index contributed by atoms with van der Waals surface area (Å²) < 4.78 is 5.91. The van der Waals surface area contributed by atoms with Gasteiger partial charge in [0.2, 0.25) is 0 Å². The first-order chi connectivity index (χ1) is 11.9. The zero-order valence-electron chi connectivity index (χ0n) is 14.6. The predicted octanol–water partition coefficient (Wildman–Crippen LogP) is 4.84. The molecule has 0 atom stereocenters. The minimum Gasteiger partial charge on any atom is -0.457 e. The van der Waals surface area contributed by atoms with Crippen LogP contribution < -0.4 is 15.0 Å². The third kappa shape index (κ3) is 4.51. The van der Waals surface area contributed by atoms with E-state index in [4.69, 9.17) is 4.74 Å². The molecule has 128 valence electrons. The number of piperidine rings is 1. The Bertz CT molecular complexity index is 591. The van der Waals surface area contributed by atoms with Gasteiger partial charge in [-0.05, 0) is 68.8 Å². The van der Waals surface area contributed by atoms with Crippen LogP contribution >= 0.6 is 0 Å². The van der Waals surface area contributed by atoms with E-state index >= 15 is 0 Å². The average Bonchev–Trinajstić information content (AvgIpc) is 2.65. The second-order valence-electron chi connectivity index (χ2n) is 6.44. The van der Waals surface area contributed by atoms with Crippen molar-refractivity contribution in [2.24, 2.45) is 0 Å². The molecular weight excluding hydrogens is 296 g/mol. The van der Waals surface area contributed by atoms with Crippen molar-refractivity contribution < 1.29 is 4.74 Å². The van der Waals surface area contributed by atoms with Gasteiger partial charge in [0.1, 0.15) is 11.5 Å². The number of hydrogen-bond donors (Lipinski definition) is 1. The number of rotatable bonds is 7.